The standard InChI is InChI=1S/C8H11NO3/c1-5-2-6(5)3-7(10)9-4-8(11)12/h6H,1-4H2,(H,9,10)(H,11,12). The Balaban J connectivity index is 2.12. The molecule has 0 bridgehead atoms. The molecule has 0 aromatic carbocycles. The van der Waals surface area contributed by atoms with Crippen LogP contribution in [-0.2, 0) is 9.59 Å². The van der Waals surface area contributed by atoms with Crippen LogP contribution >= 0.6 is 0 Å². The first-order chi connectivity index (χ1) is 5.59. The molecule has 0 spiro atoms. The molecular weight excluding hydrogens is 158 g/mol. The van der Waals surface area contributed by atoms with E-state index in [1.807, 2.05) is 0 Å². The molecule has 1 rings (SSSR count). The molecule has 0 radical (unpaired) electrons. The van der Waals surface area contributed by atoms with Crippen molar-refractivity contribution < 1.29 is 14.7 Å². The Bertz CT molecular complexity index is 234. The van der Waals surface area contributed by atoms with Crippen LogP contribution in [0.5, 0.6) is 0 Å². The summed E-state index contributed by atoms with van der Waals surface area (Å²) < 4.78 is 0. The summed E-state index contributed by atoms with van der Waals surface area (Å²) in [5.74, 6) is -0.933. The van der Waals surface area contributed by atoms with Crippen molar-refractivity contribution in [2.45, 2.75) is 12.8 Å². The third kappa shape index (κ3) is 2.74. The molecule has 0 saturated heterocycles. The summed E-state index contributed by atoms with van der Waals surface area (Å²) in [5, 5.41) is 10.5. The third-order valence-electron chi connectivity index (χ3n) is 1.79. The van der Waals surface area contributed by atoms with E-state index < -0.39 is 5.97 Å². The second-order valence-corrected chi connectivity index (χ2v) is 2.93. The maximum Gasteiger partial charge on any atom is 0.322 e. The largest absolute Gasteiger partial charge is 0.480 e. The molecule has 0 heterocycles. The number of amides is 1. The summed E-state index contributed by atoms with van der Waals surface area (Å²) >= 11 is 0. The molecule has 1 unspecified atom stereocenters. The van der Waals surface area contributed by atoms with E-state index in [1.165, 1.54) is 0 Å². The second-order valence-electron chi connectivity index (χ2n) is 2.93. The van der Waals surface area contributed by atoms with Crippen LogP contribution in [0.4, 0.5) is 0 Å². The van der Waals surface area contributed by atoms with Crippen molar-refractivity contribution >= 4 is 11.9 Å². The lowest BCUT2D eigenvalue weighted by Gasteiger charge is -1.99. The molecule has 1 aliphatic carbocycles. The van der Waals surface area contributed by atoms with Gasteiger partial charge in [-0.15, -0.1) is 0 Å². The monoisotopic (exact) mass is 169 g/mol. The van der Waals surface area contributed by atoms with Gasteiger partial charge >= 0.3 is 5.97 Å². The number of hydrogen-bond acceptors (Lipinski definition) is 2. The van der Waals surface area contributed by atoms with Gasteiger partial charge in [-0.25, -0.2) is 0 Å². The van der Waals surface area contributed by atoms with E-state index in [-0.39, 0.29) is 12.5 Å². The SMILES string of the molecule is C=C1CC1CC(=O)NCC(=O)O. The van der Waals surface area contributed by atoms with Crippen LogP contribution in [0.25, 0.3) is 0 Å². The van der Waals surface area contributed by atoms with Gasteiger partial charge in [0.15, 0.2) is 0 Å². The van der Waals surface area contributed by atoms with E-state index in [9.17, 15) is 9.59 Å². The smallest absolute Gasteiger partial charge is 0.322 e. The summed E-state index contributed by atoms with van der Waals surface area (Å²) in [7, 11) is 0. The fourth-order valence-corrected chi connectivity index (χ4v) is 0.944. The quantitative estimate of drug-likeness (QED) is 0.589. The number of carbonyl (C=O) groups excluding carboxylic acids is 1. The highest BCUT2D eigenvalue weighted by atomic mass is 16.4. The average molecular weight is 169 g/mol. The predicted molar refractivity (Wildman–Crippen MR) is 42.5 cm³/mol. The Morgan fingerprint density at radius 3 is 2.67 bits per heavy atom. The zero-order valence-corrected chi connectivity index (χ0v) is 6.67. The minimum atomic E-state index is -1.02. The van der Waals surface area contributed by atoms with Gasteiger partial charge in [0.2, 0.25) is 5.91 Å². The van der Waals surface area contributed by atoms with E-state index in [1.54, 1.807) is 0 Å². The number of carboxylic acid groups (broad SMARTS) is 1. The third-order valence-corrected chi connectivity index (χ3v) is 1.79. The van der Waals surface area contributed by atoms with Gasteiger partial charge in [0.05, 0.1) is 0 Å². The van der Waals surface area contributed by atoms with Crippen LogP contribution in [0.1, 0.15) is 12.8 Å². The topological polar surface area (TPSA) is 66.4 Å². The number of hydrogen-bond donors (Lipinski definition) is 2. The Morgan fingerprint density at radius 2 is 2.25 bits per heavy atom. The maximum atomic E-state index is 10.9. The summed E-state index contributed by atoms with van der Waals surface area (Å²) in [6, 6.07) is 0. The minimum absolute atomic E-state index is 0.207. The highest BCUT2D eigenvalue weighted by Crippen LogP contribution is 2.38. The Kier molecular flexibility index (Phi) is 2.47. The van der Waals surface area contributed by atoms with Crippen LogP contribution in [0, 0.1) is 5.92 Å². The minimum Gasteiger partial charge on any atom is -0.480 e. The predicted octanol–water partition coefficient (Wildman–Crippen LogP) is 0.153. The lowest BCUT2D eigenvalue weighted by molar-refractivity contribution is -0.138. The van der Waals surface area contributed by atoms with Crippen molar-refractivity contribution in [3.8, 4) is 0 Å². The Hall–Kier alpha value is -1.32. The van der Waals surface area contributed by atoms with Gasteiger partial charge in [-0.2, -0.15) is 0 Å². The van der Waals surface area contributed by atoms with Crippen LogP contribution in [0.3, 0.4) is 0 Å². The van der Waals surface area contributed by atoms with Gasteiger partial charge < -0.3 is 10.4 Å². The Morgan fingerprint density at radius 1 is 1.67 bits per heavy atom. The molecular formula is C8H11NO3. The molecule has 0 aliphatic heterocycles. The molecule has 1 aliphatic rings. The second kappa shape index (κ2) is 3.38. The molecule has 1 atom stereocenters. The number of carbonyl (C=O) groups is 2. The van der Waals surface area contributed by atoms with Crippen molar-refractivity contribution in [2.75, 3.05) is 6.54 Å². The average Bonchev–Trinajstić information content (AvgIpc) is 2.62. The van der Waals surface area contributed by atoms with Crippen molar-refractivity contribution in [3.63, 3.8) is 0 Å². The van der Waals surface area contributed by atoms with Crippen molar-refractivity contribution in [2.24, 2.45) is 5.92 Å². The van der Waals surface area contributed by atoms with Gasteiger partial charge in [0, 0.05) is 6.42 Å². The first-order valence-corrected chi connectivity index (χ1v) is 3.75. The fraction of sp³-hybridized carbons (Fsp3) is 0.500. The van der Waals surface area contributed by atoms with Gasteiger partial charge in [0.1, 0.15) is 6.54 Å². The zero-order chi connectivity index (χ0) is 9.14. The van der Waals surface area contributed by atoms with E-state index in [0.717, 1.165) is 12.0 Å². The number of rotatable bonds is 4. The van der Waals surface area contributed by atoms with E-state index >= 15 is 0 Å². The molecule has 1 amide bonds. The van der Waals surface area contributed by atoms with Gasteiger partial charge in [-0.05, 0) is 12.3 Å². The molecule has 0 aromatic rings. The highest BCUT2D eigenvalue weighted by Gasteiger charge is 2.29. The zero-order valence-electron chi connectivity index (χ0n) is 6.67. The molecule has 0 aromatic heterocycles. The first kappa shape index (κ1) is 8.77. The van der Waals surface area contributed by atoms with Crippen LogP contribution in [0.15, 0.2) is 12.2 Å². The van der Waals surface area contributed by atoms with Crippen LogP contribution < -0.4 is 5.32 Å². The van der Waals surface area contributed by atoms with E-state index in [0.29, 0.717) is 12.3 Å². The molecule has 12 heavy (non-hydrogen) atoms. The lowest BCUT2D eigenvalue weighted by atomic mass is 10.2. The molecule has 2 N–H and O–H groups in total. The molecule has 4 nitrogen and oxygen atoms in total. The maximum absolute atomic E-state index is 10.9. The Labute approximate surface area is 70.3 Å². The van der Waals surface area contributed by atoms with Crippen LogP contribution in [0.2, 0.25) is 0 Å². The van der Waals surface area contributed by atoms with Gasteiger partial charge in [-0.1, -0.05) is 12.2 Å². The van der Waals surface area contributed by atoms with Crippen molar-refractivity contribution in [3.05, 3.63) is 12.2 Å². The summed E-state index contributed by atoms with van der Waals surface area (Å²) in [4.78, 5) is 21.0. The van der Waals surface area contributed by atoms with E-state index in [4.69, 9.17) is 5.11 Å². The van der Waals surface area contributed by atoms with Gasteiger partial charge in [-0.3, -0.25) is 9.59 Å². The number of nitrogens with one attached hydrogen (secondary N) is 1. The number of allylic oxidation sites excluding steroid dienone is 1. The fourth-order valence-electron chi connectivity index (χ4n) is 0.944. The molecule has 4 heteroatoms. The van der Waals surface area contributed by atoms with Gasteiger partial charge in [0.25, 0.3) is 0 Å². The lowest BCUT2D eigenvalue weighted by Crippen LogP contribution is -2.29. The number of aliphatic carboxylic acids is 1. The highest BCUT2D eigenvalue weighted by molar-refractivity contribution is 5.81. The molecule has 66 valence electrons. The van der Waals surface area contributed by atoms with Crippen molar-refractivity contribution in [1.29, 1.82) is 0 Å². The molecule has 1 fully saturated rings. The normalized spacial score (nSPS) is 20.3. The van der Waals surface area contributed by atoms with E-state index in [2.05, 4.69) is 11.9 Å². The summed E-state index contributed by atoms with van der Waals surface area (Å²) in [6.07, 6.45) is 1.28. The van der Waals surface area contributed by atoms with Crippen LogP contribution in [-0.4, -0.2) is 23.5 Å². The summed E-state index contributed by atoms with van der Waals surface area (Å²) in [5.41, 5.74) is 1.08. The number of carboxylic acids is 1. The van der Waals surface area contributed by atoms with Crippen molar-refractivity contribution in [1.82, 2.24) is 5.32 Å². The summed E-state index contributed by atoms with van der Waals surface area (Å²) in [6.45, 7) is 3.41. The molecule has 1 saturated carbocycles. The first-order valence-electron chi connectivity index (χ1n) is 3.75.